The van der Waals surface area contributed by atoms with Gasteiger partial charge >= 0.3 is 5.97 Å². The lowest BCUT2D eigenvalue weighted by Crippen LogP contribution is -2.15. The Morgan fingerprint density at radius 1 is 1.07 bits per heavy atom. The average Bonchev–Trinajstić information content (AvgIpc) is 3.36. The number of Topliss-reactive ketones (excluding diaryl/α,β-unsaturated/α-hetero) is 1. The zero-order valence-electron chi connectivity index (χ0n) is 16.2. The second kappa shape index (κ2) is 7.71. The lowest BCUT2D eigenvalue weighted by atomic mass is 10.1. The minimum Gasteiger partial charge on any atom is -0.452 e. The molecule has 0 saturated heterocycles. The predicted octanol–water partition coefficient (Wildman–Crippen LogP) is 3.66. The van der Waals surface area contributed by atoms with Crippen LogP contribution in [0.2, 0.25) is 0 Å². The molecule has 0 aliphatic carbocycles. The number of hydrogen-bond acceptors (Lipinski definition) is 5. The maximum Gasteiger partial charge on any atom is 0.361 e. The van der Waals surface area contributed by atoms with E-state index < -0.39 is 5.97 Å². The number of H-pyrrole nitrogens is 1. The highest BCUT2D eigenvalue weighted by Gasteiger charge is 2.20. The van der Waals surface area contributed by atoms with E-state index in [1.807, 2.05) is 48.5 Å². The van der Waals surface area contributed by atoms with Crippen molar-refractivity contribution in [2.75, 3.05) is 6.61 Å². The molecule has 0 aliphatic heterocycles. The highest BCUT2D eigenvalue weighted by Crippen LogP contribution is 2.22. The fourth-order valence-electron chi connectivity index (χ4n) is 3.26. The molecule has 4 rings (SSSR count). The van der Waals surface area contributed by atoms with Crippen LogP contribution in [0.25, 0.3) is 16.6 Å². The fourth-order valence-corrected chi connectivity index (χ4v) is 3.26. The Balaban J connectivity index is 1.49. The lowest BCUT2D eigenvalue weighted by Gasteiger charge is -2.03. The Morgan fingerprint density at radius 2 is 1.86 bits per heavy atom. The van der Waals surface area contributed by atoms with Crippen molar-refractivity contribution in [1.82, 2.24) is 20.0 Å². The van der Waals surface area contributed by atoms with Gasteiger partial charge in [-0.05, 0) is 31.0 Å². The normalized spacial score (nSPS) is 11.0. The number of nitrogens with zero attached hydrogens (tertiary/aromatic N) is 3. The van der Waals surface area contributed by atoms with Gasteiger partial charge < -0.3 is 9.72 Å². The van der Waals surface area contributed by atoms with Gasteiger partial charge in [0.1, 0.15) is 0 Å². The number of nitrogens with one attached hydrogen (secondary N) is 1. The Morgan fingerprint density at radius 3 is 2.62 bits per heavy atom. The molecule has 146 valence electrons. The number of ether oxygens (including phenoxy) is 1. The number of para-hydroxylation sites is 2. The van der Waals surface area contributed by atoms with Crippen molar-refractivity contribution in [3.8, 4) is 5.69 Å². The first-order chi connectivity index (χ1) is 14.1. The number of ketones is 1. The molecule has 2 aromatic carbocycles. The summed E-state index contributed by atoms with van der Waals surface area (Å²) < 4.78 is 5.23. The average molecular weight is 388 g/mol. The smallest absolute Gasteiger partial charge is 0.361 e. The molecular weight excluding hydrogens is 368 g/mol. The molecule has 29 heavy (non-hydrogen) atoms. The van der Waals surface area contributed by atoms with Crippen molar-refractivity contribution in [3.05, 3.63) is 77.2 Å². The standard InChI is InChI=1S/C22H20N4O3/c1-3-15-8-7-11-17-18(12-23-21(15)17)19(27)13-29-22(28)20-14(2)24-26(25-20)16-9-5-4-6-10-16/h4-12,23H,3,13H2,1-2H3. The molecule has 0 atom stereocenters. The zero-order valence-corrected chi connectivity index (χ0v) is 16.2. The summed E-state index contributed by atoms with van der Waals surface area (Å²) >= 11 is 0. The minimum absolute atomic E-state index is 0.0915. The first-order valence-electron chi connectivity index (χ1n) is 9.37. The molecule has 2 heterocycles. The van der Waals surface area contributed by atoms with Crippen LogP contribution in [-0.4, -0.2) is 38.3 Å². The first-order valence-corrected chi connectivity index (χ1v) is 9.37. The van der Waals surface area contributed by atoms with Crippen LogP contribution in [0, 0.1) is 6.92 Å². The van der Waals surface area contributed by atoms with Gasteiger partial charge in [0.15, 0.2) is 12.3 Å². The number of aromatic nitrogens is 4. The summed E-state index contributed by atoms with van der Waals surface area (Å²) in [7, 11) is 0. The van der Waals surface area contributed by atoms with Gasteiger partial charge in [0, 0.05) is 22.7 Å². The lowest BCUT2D eigenvalue weighted by molar-refractivity contribution is 0.0468. The molecule has 7 heteroatoms. The van der Waals surface area contributed by atoms with Crippen LogP contribution in [0.15, 0.2) is 54.7 Å². The molecule has 0 unspecified atom stereocenters. The number of benzene rings is 2. The summed E-state index contributed by atoms with van der Waals surface area (Å²) in [5, 5.41) is 9.29. The van der Waals surface area contributed by atoms with E-state index in [1.54, 1.807) is 13.1 Å². The molecule has 0 saturated carbocycles. The van der Waals surface area contributed by atoms with Gasteiger partial charge in [0.25, 0.3) is 0 Å². The number of esters is 1. The number of rotatable bonds is 6. The second-order valence-corrected chi connectivity index (χ2v) is 6.65. The van der Waals surface area contributed by atoms with Crippen molar-refractivity contribution in [2.45, 2.75) is 20.3 Å². The van der Waals surface area contributed by atoms with Crippen molar-refractivity contribution in [3.63, 3.8) is 0 Å². The highest BCUT2D eigenvalue weighted by atomic mass is 16.5. The number of carbonyl (C=O) groups is 2. The van der Waals surface area contributed by atoms with E-state index in [9.17, 15) is 9.59 Å². The molecule has 0 radical (unpaired) electrons. The number of carbonyl (C=O) groups excluding carboxylic acids is 2. The van der Waals surface area contributed by atoms with Gasteiger partial charge in [-0.2, -0.15) is 9.90 Å². The minimum atomic E-state index is -0.674. The number of fused-ring (bicyclic) bond motifs is 1. The number of aromatic amines is 1. The third kappa shape index (κ3) is 3.54. The van der Waals surface area contributed by atoms with E-state index in [1.165, 1.54) is 4.80 Å². The van der Waals surface area contributed by atoms with Crippen molar-refractivity contribution in [1.29, 1.82) is 0 Å². The Bertz CT molecular complexity index is 1190. The topological polar surface area (TPSA) is 89.9 Å². The van der Waals surface area contributed by atoms with E-state index in [0.29, 0.717) is 11.3 Å². The summed E-state index contributed by atoms with van der Waals surface area (Å²) in [6.07, 6.45) is 2.52. The van der Waals surface area contributed by atoms with Crippen molar-refractivity contribution >= 4 is 22.7 Å². The Labute approximate surface area is 167 Å². The SMILES string of the molecule is CCc1cccc2c(C(=O)COC(=O)c3nn(-c4ccccc4)nc3C)c[nH]c12. The Kier molecular flexibility index (Phi) is 4.95. The molecule has 2 aromatic heterocycles. The summed E-state index contributed by atoms with van der Waals surface area (Å²) in [4.78, 5) is 29.6. The van der Waals surface area contributed by atoms with Gasteiger partial charge in [0.2, 0.25) is 5.78 Å². The van der Waals surface area contributed by atoms with E-state index in [0.717, 1.165) is 28.6 Å². The van der Waals surface area contributed by atoms with Gasteiger partial charge in [-0.25, -0.2) is 4.79 Å². The van der Waals surface area contributed by atoms with Crippen LogP contribution in [0.5, 0.6) is 0 Å². The fraction of sp³-hybridized carbons (Fsp3) is 0.182. The zero-order chi connectivity index (χ0) is 20.4. The quantitative estimate of drug-likeness (QED) is 0.402. The van der Waals surface area contributed by atoms with Gasteiger partial charge in [-0.3, -0.25) is 4.79 Å². The maximum absolute atomic E-state index is 12.6. The summed E-state index contributed by atoms with van der Waals surface area (Å²) in [6, 6.07) is 15.1. The number of hydrogen-bond donors (Lipinski definition) is 1. The molecule has 0 spiro atoms. The van der Waals surface area contributed by atoms with Gasteiger partial charge in [0.05, 0.1) is 11.4 Å². The predicted molar refractivity (Wildman–Crippen MR) is 108 cm³/mol. The highest BCUT2D eigenvalue weighted by molar-refractivity contribution is 6.09. The maximum atomic E-state index is 12.6. The monoisotopic (exact) mass is 388 g/mol. The summed E-state index contributed by atoms with van der Waals surface area (Å²) in [5.41, 5.74) is 3.84. The van der Waals surface area contributed by atoms with E-state index >= 15 is 0 Å². The van der Waals surface area contributed by atoms with Gasteiger partial charge in [-0.1, -0.05) is 43.3 Å². The molecule has 1 N–H and O–H groups in total. The molecule has 0 amide bonds. The molecule has 4 aromatic rings. The molecule has 0 aliphatic rings. The Hall–Kier alpha value is -3.74. The summed E-state index contributed by atoms with van der Waals surface area (Å²) in [6.45, 7) is 3.38. The van der Waals surface area contributed by atoms with Crippen LogP contribution in [-0.2, 0) is 11.2 Å². The van der Waals surface area contributed by atoms with Crippen molar-refractivity contribution < 1.29 is 14.3 Å². The third-order valence-electron chi connectivity index (χ3n) is 4.78. The van der Waals surface area contributed by atoms with E-state index in [2.05, 4.69) is 22.1 Å². The van der Waals surface area contributed by atoms with Crippen LogP contribution >= 0.6 is 0 Å². The third-order valence-corrected chi connectivity index (χ3v) is 4.78. The van der Waals surface area contributed by atoms with E-state index in [-0.39, 0.29) is 18.1 Å². The largest absolute Gasteiger partial charge is 0.452 e. The summed E-state index contributed by atoms with van der Waals surface area (Å²) in [5.74, 6) is -0.946. The number of aryl methyl sites for hydroxylation is 2. The second-order valence-electron chi connectivity index (χ2n) is 6.65. The first kappa shape index (κ1) is 18.6. The van der Waals surface area contributed by atoms with Crippen molar-refractivity contribution in [2.24, 2.45) is 0 Å². The molecule has 7 nitrogen and oxygen atoms in total. The van der Waals surface area contributed by atoms with Crippen LogP contribution in [0.3, 0.4) is 0 Å². The van der Waals surface area contributed by atoms with E-state index in [4.69, 9.17) is 4.74 Å². The van der Waals surface area contributed by atoms with Crippen LogP contribution in [0.4, 0.5) is 0 Å². The molecule has 0 fully saturated rings. The van der Waals surface area contributed by atoms with Crippen LogP contribution < -0.4 is 0 Å². The van der Waals surface area contributed by atoms with Crippen LogP contribution in [0.1, 0.15) is 39.0 Å². The molecule has 0 bridgehead atoms. The molecular formula is C22H20N4O3. The van der Waals surface area contributed by atoms with Gasteiger partial charge in [-0.15, -0.1) is 5.10 Å².